The smallest absolute Gasteiger partial charge is 0.151 e. The lowest BCUT2D eigenvalue weighted by Crippen LogP contribution is -2.18. The minimum atomic E-state index is 1.07. The molecule has 1 aromatic carbocycles. The minimum Gasteiger partial charge on any atom is -0.316 e. The van der Waals surface area contributed by atoms with Gasteiger partial charge in [-0.1, -0.05) is 37.2 Å². The van der Waals surface area contributed by atoms with Crippen LogP contribution in [-0.2, 0) is 0 Å². The van der Waals surface area contributed by atoms with Gasteiger partial charge in [-0.05, 0) is 25.1 Å². The predicted molar refractivity (Wildman–Crippen MR) is 78.1 cm³/mol. The molecule has 1 aromatic heterocycles. The van der Waals surface area contributed by atoms with E-state index in [2.05, 4.69) is 35.4 Å². The van der Waals surface area contributed by atoms with Crippen LogP contribution in [0.25, 0.3) is 10.2 Å². The number of fused-ring (bicyclic) bond motifs is 1. The monoisotopic (exact) mass is 266 g/mol. The number of benzene rings is 1. The Morgan fingerprint density at radius 1 is 1.29 bits per heavy atom. The molecule has 0 bridgehead atoms. The van der Waals surface area contributed by atoms with Crippen molar-refractivity contribution in [3.8, 4) is 0 Å². The van der Waals surface area contributed by atoms with E-state index in [0.717, 1.165) is 24.4 Å². The fourth-order valence-corrected chi connectivity index (χ4v) is 3.59. The van der Waals surface area contributed by atoms with Gasteiger partial charge in [-0.15, -0.1) is 11.3 Å². The lowest BCUT2D eigenvalue weighted by molar-refractivity contribution is 0.666. The van der Waals surface area contributed by atoms with Crippen molar-refractivity contribution in [1.82, 2.24) is 10.3 Å². The summed E-state index contributed by atoms with van der Waals surface area (Å²) >= 11 is 3.64. The van der Waals surface area contributed by atoms with Crippen molar-refractivity contribution in [3.63, 3.8) is 0 Å². The maximum Gasteiger partial charge on any atom is 0.151 e. The Labute approximate surface area is 111 Å². The predicted octanol–water partition coefficient (Wildman–Crippen LogP) is 3.78. The first-order valence-corrected chi connectivity index (χ1v) is 7.89. The quantitative estimate of drug-likeness (QED) is 0.610. The summed E-state index contributed by atoms with van der Waals surface area (Å²) in [6, 6.07) is 8.33. The third-order valence-corrected chi connectivity index (χ3v) is 4.67. The van der Waals surface area contributed by atoms with Crippen LogP contribution in [0.2, 0.25) is 0 Å². The van der Waals surface area contributed by atoms with Crippen LogP contribution in [0.15, 0.2) is 28.6 Å². The summed E-state index contributed by atoms with van der Waals surface area (Å²) in [6.07, 6.45) is 2.53. The zero-order valence-electron chi connectivity index (χ0n) is 10.1. The van der Waals surface area contributed by atoms with E-state index in [9.17, 15) is 0 Å². The minimum absolute atomic E-state index is 1.07. The molecule has 2 rings (SSSR count). The molecule has 0 aliphatic rings. The first-order valence-electron chi connectivity index (χ1n) is 6.09. The van der Waals surface area contributed by atoms with Gasteiger partial charge in [-0.2, -0.15) is 0 Å². The summed E-state index contributed by atoms with van der Waals surface area (Å²) in [5, 5.41) is 3.45. The molecule has 1 N–H and O–H groups in total. The molecule has 0 spiro atoms. The molecule has 0 radical (unpaired) electrons. The van der Waals surface area contributed by atoms with E-state index in [1.165, 1.54) is 21.9 Å². The molecule has 0 atom stereocenters. The van der Waals surface area contributed by atoms with Crippen molar-refractivity contribution >= 4 is 33.3 Å². The molecule has 1 heterocycles. The second-order valence-corrected chi connectivity index (χ2v) is 6.27. The van der Waals surface area contributed by atoms with Crippen molar-refractivity contribution in [2.75, 3.05) is 18.8 Å². The summed E-state index contributed by atoms with van der Waals surface area (Å²) in [6.45, 7) is 4.43. The number of rotatable bonds is 7. The highest BCUT2D eigenvalue weighted by atomic mass is 32.2. The summed E-state index contributed by atoms with van der Waals surface area (Å²) in [5.74, 6) is 1.10. The van der Waals surface area contributed by atoms with Crippen LogP contribution >= 0.6 is 23.1 Å². The standard InChI is InChI=1S/C13H18N2S2/c1-2-3-8-14-9-10-16-13-15-11-6-4-5-7-12(11)17-13/h4-7,14H,2-3,8-10H2,1H3. The number of nitrogens with zero attached hydrogens (tertiary/aromatic N) is 1. The van der Waals surface area contributed by atoms with Gasteiger partial charge in [0.15, 0.2) is 4.34 Å². The molecule has 0 unspecified atom stereocenters. The number of aromatic nitrogens is 1. The van der Waals surface area contributed by atoms with Crippen LogP contribution in [0.5, 0.6) is 0 Å². The topological polar surface area (TPSA) is 24.9 Å². The number of hydrogen-bond donors (Lipinski definition) is 1. The Morgan fingerprint density at radius 2 is 2.18 bits per heavy atom. The lowest BCUT2D eigenvalue weighted by atomic mass is 10.3. The fraction of sp³-hybridized carbons (Fsp3) is 0.462. The van der Waals surface area contributed by atoms with Crippen LogP contribution in [0.4, 0.5) is 0 Å². The van der Waals surface area contributed by atoms with Crippen molar-refractivity contribution in [3.05, 3.63) is 24.3 Å². The molecule has 0 aliphatic heterocycles. The van der Waals surface area contributed by atoms with Crippen LogP contribution in [0.3, 0.4) is 0 Å². The van der Waals surface area contributed by atoms with E-state index in [1.807, 2.05) is 17.8 Å². The summed E-state index contributed by atoms with van der Waals surface area (Å²) in [4.78, 5) is 4.60. The molecule has 0 saturated carbocycles. The van der Waals surface area contributed by atoms with E-state index < -0.39 is 0 Å². The molecular weight excluding hydrogens is 248 g/mol. The molecular formula is C13H18N2S2. The molecule has 0 fully saturated rings. The maximum absolute atomic E-state index is 4.60. The van der Waals surface area contributed by atoms with Gasteiger partial charge in [0.05, 0.1) is 10.2 Å². The second kappa shape index (κ2) is 6.99. The van der Waals surface area contributed by atoms with Crippen molar-refractivity contribution in [2.45, 2.75) is 24.1 Å². The highest BCUT2D eigenvalue weighted by Gasteiger charge is 2.02. The van der Waals surface area contributed by atoms with Crippen molar-refractivity contribution in [2.24, 2.45) is 0 Å². The van der Waals surface area contributed by atoms with E-state index >= 15 is 0 Å². The summed E-state index contributed by atoms with van der Waals surface area (Å²) < 4.78 is 2.47. The van der Waals surface area contributed by atoms with Gasteiger partial charge in [-0.25, -0.2) is 4.98 Å². The lowest BCUT2D eigenvalue weighted by Gasteiger charge is -2.01. The van der Waals surface area contributed by atoms with E-state index in [-0.39, 0.29) is 0 Å². The maximum atomic E-state index is 4.60. The summed E-state index contributed by atoms with van der Waals surface area (Å²) in [7, 11) is 0. The van der Waals surface area contributed by atoms with Gasteiger partial charge in [0.2, 0.25) is 0 Å². The average molecular weight is 266 g/mol. The molecule has 0 amide bonds. The van der Waals surface area contributed by atoms with E-state index in [1.54, 1.807) is 11.3 Å². The fourth-order valence-electron chi connectivity index (χ4n) is 1.55. The van der Waals surface area contributed by atoms with E-state index in [4.69, 9.17) is 0 Å². The van der Waals surface area contributed by atoms with Crippen LogP contribution in [-0.4, -0.2) is 23.8 Å². The van der Waals surface area contributed by atoms with Gasteiger partial charge in [0.25, 0.3) is 0 Å². The Hall–Kier alpha value is -0.580. The Balaban J connectivity index is 1.75. The highest BCUT2D eigenvalue weighted by Crippen LogP contribution is 2.28. The third kappa shape index (κ3) is 3.98. The van der Waals surface area contributed by atoms with Gasteiger partial charge in [0, 0.05) is 12.3 Å². The van der Waals surface area contributed by atoms with Crippen molar-refractivity contribution < 1.29 is 0 Å². The Kier molecular flexibility index (Phi) is 5.29. The first kappa shape index (κ1) is 12.9. The molecule has 92 valence electrons. The Morgan fingerprint density at radius 3 is 3.00 bits per heavy atom. The number of para-hydroxylation sites is 1. The number of nitrogens with one attached hydrogen (secondary N) is 1. The zero-order chi connectivity index (χ0) is 11.9. The number of thiazole rings is 1. The van der Waals surface area contributed by atoms with Gasteiger partial charge < -0.3 is 5.32 Å². The third-order valence-electron chi connectivity index (χ3n) is 2.49. The summed E-state index contributed by atoms with van der Waals surface area (Å²) in [5.41, 5.74) is 1.12. The largest absolute Gasteiger partial charge is 0.316 e. The number of unbranched alkanes of at least 4 members (excludes halogenated alkanes) is 1. The van der Waals surface area contributed by atoms with Gasteiger partial charge >= 0.3 is 0 Å². The molecule has 17 heavy (non-hydrogen) atoms. The Bertz CT molecular complexity index is 420. The second-order valence-electron chi connectivity index (χ2n) is 3.90. The molecule has 0 saturated heterocycles. The van der Waals surface area contributed by atoms with Gasteiger partial charge in [0.1, 0.15) is 0 Å². The average Bonchev–Trinajstić information content (AvgIpc) is 2.76. The zero-order valence-corrected chi connectivity index (χ0v) is 11.7. The highest BCUT2D eigenvalue weighted by molar-refractivity contribution is 8.01. The van der Waals surface area contributed by atoms with Crippen LogP contribution in [0, 0.1) is 0 Å². The molecule has 4 heteroatoms. The van der Waals surface area contributed by atoms with Crippen LogP contribution in [0.1, 0.15) is 19.8 Å². The number of hydrogen-bond acceptors (Lipinski definition) is 4. The van der Waals surface area contributed by atoms with E-state index in [0.29, 0.717) is 0 Å². The normalized spacial score (nSPS) is 11.1. The molecule has 0 aliphatic carbocycles. The molecule has 2 aromatic rings. The van der Waals surface area contributed by atoms with Crippen LogP contribution < -0.4 is 5.32 Å². The number of thioether (sulfide) groups is 1. The first-order chi connectivity index (χ1) is 8.40. The SMILES string of the molecule is CCCCNCCSc1nc2ccccc2s1. The van der Waals surface area contributed by atoms with Gasteiger partial charge in [-0.3, -0.25) is 0 Å². The molecule has 2 nitrogen and oxygen atoms in total. The van der Waals surface area contributed by atoms with Crippen molar-refractivity contribution in [1.29, 1.82) is 0 Å².